The van der Waals surface area contributed by atoms with Crippen LogP contribution < -0.4 is 14.8 Å². The van der Waals surface area contributed by atoms with Crippen molar-refractivity contribution >= 4 is 22.0 Å². The minimum atomic E-state index is -3.42. The zero-order valence-corrected chi connectivity index (χ0v) is 17.7. The molecule has 0 aromatic heterocycles. The van der Waals surface area contributed by atoms with E-state index in [0.29, 0.717) is 31.1 Å². The maximum Gasteiger partial charge on any atom is 0.244 e. The largest absolute Gasteiger partial charge is 0.496 e. The standard InChI is InChI=1S/C22H26N2O5S/c1-28-21-7-3-2-6-18(21)8-13-22(25)23-14-17-29-19-9-11-20(12-10-19)30(26,27)24-15-4-5-16-24/h2-3,6-13H,4-5,14-17H2,1H3,(H,23,25)/b13-8+. The lowest BCUT2D eigenvalue weighted by molar-refractivity contribution is -0.116. The fourth-order valence-corrected chi connectivity index (χ4v) is 4.67. The Bertz CT molecular complexity index is 981. The van der Waals surface area contributed by atoms with Crippen molar-refractivity contribution in [1.82, 2.24) is 9.62 Å². The minimum Gasteiger partial charge on any atom is -0.496 e. The highest BCUT2D eigenvalue weighted by molar-refractivity contribution is 7.89. The minimum absolute atomic E-state index is 0.239. The Balaban J connectivity index is 1.44. The van der Waals surface area contributed by atoms with Gasteiger partial charge in [-0.3, -0.25) is 4.79 Å². The number of methoxy groups -OCH3 is 1. The number of nitrogens with zero attached hydrogens (tertiary/aromatic N) is 1. The summed E-state index contributed by atoms with van der Waals surface area (Å²) in [6.45, 7) is 1.74. The SMILES string of the molecule is COc1ccccc1/C=C/C(=O)NCCOc1ccc(S(=O)(=O)N2CCCC2)cc1. The van der Waals surface area contributed by atoms with E-state index >= 15 is 0 Å². The summed E-state index contributed by atoms with van der Waals surface area (Å²) >= 11 is 0. The molecular weight excluding hydrogens is 404 g/mol. The molecule has 160 valence electrons. The third-order valence-corrected chi connectivity index (χ3v) is 6.66. The van der Waals surface area contributed by atoms with Crippen molar-refractivity contribution in [3.63, 3.8) is 0 Å². The van der Waals surface area contributed by atoms with E-state index in [1.54, 1.807) is 37.5 Å². The van der Waals surface area contributed by atoms with Crippen molar-refractivity contribution < 1.29 is 22.7 Å². The molecule has 1 N–H and O–H groups in total. The summed E-state index contributed by atoms with van der Waals surface area (Å²) in [5.41, 5.74) is 0.815. The van der Waals surface area contributed by atoms with Crippen LogP contribution in [0.4, 0.5) is 0 Å². The van der Waals surface area contributed by atoms with Crippen LogP contribution in [0.15, 0.2) is 59.5 Å². The molecule has 1 heterocycles. The Kier molecular flexibility index (Phi) is 7.48. The van der Waals surface area contributed by atoms with Gasteiger partial charge in [0.15, 0.2) is 0 Å². The Morgan fingerprint density at radius 3 is 2.50 bits per heavy atom. The van der Waals surface area contributed by atoms with E-state index in [1.165, 1.54) is 10.4 Å². The molecule has 2 aromatic carbocycles. The van der Waals surface area contributed by atoms with Gasteiger partial charge in [-0.1, -0.05) is 18.2 Å². The first-order chi connectivity index (χ1) is 14.5. The van der Waals surface area contributed by atoms with Crippen molar-refractivity contribution in [2.24, 2.45) is 0 Å². The molecule has 8 heteroatoms. The monoisotopic (exact) mass is 430 g/mol. The lowest BCUT2D eigenvalue weighted by atomic mass is 10.2. The summed E-state index contributed by atoms with van der Waals surface area (Å²) in [5.74, 6) is 1.01. The Morgan fingerprint density at radius 1 is 1.10 bits per heavy atom. The summed E-state index contributed by atoms with van der Waals surface area (Å²) < 4.78 is 37.4. The fraction of sp³-hybridized carbons (Fsp3) is 0.318. The average Bonchev–Trinajstić information content (AvgIpc) is 3.32. The molecule has 0 atom stereocenters. The van der Waals surface area contributed by atoms with Gasteiger partial charge in [0.25, 0.3) is 0 Å². The van der Waals surface area contributed by atoms with Gasteiger partial charge in [-0.25, -0.2) is 8.42 Å². The third-order valence-electron chi connectivity index (χ3n) is 4.75. The van der Waals surface area contributed by atoms with E-state index in [9.17, 15) is 13.2 Å². The van der Waals surface area contributed by atoms with Crippen LogP contribution in [0.3, 0.4) is 0 Å². The molecule has 30 heavy (non-hydrogen) atoms. The molecule has 1 aliphatic rings. The summed E-state index contributed by atoms with van der Waals surface area (Å²) in [7, 11) is -1.84. The molecule has 7 nitrogen and oxygen atoms in total. The quantitative estimate of drug-likeness (QED) is 0.488. The number of rotatable bonds is 9. The smallest absolute Gasteiger partial charge is 0.244 e. The van der Waals surface area contributed by atoms with Gasteiger partial charge < -0.3 is 14.8 Å². The zero-order valence-electron chi connectivity index (χ0n) is 16.9. The molecule has 0 aliphatic carbocycles. The molecule has 1 fully saturated rings. The Labute approximate surface area is 177 Å². The van der Waals surface area contributed by atoms with Crippen LogP contribution in [-0.2, 0) is 14.8 Å². The van der Waals surface area contributed by atoms with Crippen LogP contribution in [0.2, 0.25) is 0 Å². The summed E-state index contributed by atoms with van der Waals surface area (Å²) in [6, 6.07) is 13.8. The van der Waals surface area contributed by atoms with Crippen LogP contribution in [-0.4, -0.2) is 52.0 Å². The van der Waals surface area contributed by atoms with Gasteiger partial charge in [-0.05, 0) is 49.2 Å². The van der Waals surface area contributed by atoms with Gasteiger partial charge in [0.2, 0.25) is 15.9 Å². The molecule has 2 aromatic rings. The van der Waals surface area contributed by atoms with E-state index in [0.717, 1.165) is 18.4 Å². The summed E-state index contributed by atoms with van der Waals surface area (Å²) in [5, 5.41) is 2.74. The van der Waals surface area contributed by atoms with Crippen LogP contribution in [0.1, 0.15) is 18.4 Å². The molecule has 0 saturated carbocycles. The average molecular weight is 431 g/mol. The highest BCUT2D eigenvalue weighted by Gasteiger charge is 2.26. The molecule has 3 rings (SSSR count). The van der Waals surface area contributed by atoms with Gasteiger partial charge in [-0.2, -0.15) is 4.31 Å². The van der Waals surface area contributed by atoms with Gasteiger partial charge in [0, 0.05) is 24.7 Å². The zero-order chi connectivity index (χ0) is 21.4. The van der Waals surface area contributed by atoms with Crippen LogP contribution in [0, 0.1) is 0 Å². The van der Waals surface area contributed by atoms with Crippen molar-refractivity contribution in [3.05, 3.63) is 60.2 Å². The summed E-state index contributed by atoms with van der Waals surface area (Å²) in [6.07, 6.45) is 4.94. The Hall–Kier alpha value is -2.84. The lowest BCUT2D eigenvalue weighted by Gasteiger charge is -2.15. The maximum atomic E-state index is 12.5. The van der Waals surface area contributed by atoms with Crippen molar-refractivity contribution in [3.8, 4) is 11.5 Å². The second-order valence-corrected chi connectivity index (χ2v) is 8.74. The maximum absolute atomic E-state index is 12.5. The molecule has 1 saturated heterocycles. The lowest BCUT2D eigenvalue weighted by Crippen LogP contribution is -2.27. The molecule has 0 unspecified atom stereocenters. The second-order valence-electron chi connectivity index (χ2n) is 6.80. The number of carbonyl (C=O) groups excluding carboxylic acids is 1. The number of sulfonamides is 1. The van der Waals surface area contributed by atoms with Crippen molar-refractivity contribution in [2.75, 3.05) is 33.4 Å². The molecule has 1 amide bonds. The normalized spacial score (nSPS) is 14.7. The number of hydrogen-bond acceptors (Lipinski definition) is 5. The first kappa shape index (κ1) is 21.9. The van der Waals surface area contributed by atoms with Gasteiger partial charge >= 0.3 is 0 Å². The number of para-hydroxylation sites is 1. The van der Waals surface area contributed by atoms with Gasteiger partial charge in [0.1, 0.15) is 18.1 Å². The van der Waals surface area contributed by atoms with Crippen LogP contribution in [0.5, 0.6) is 11.5 Å². The Morgan fingerprint density at radius 2 is 1.80 bits per heavy atom. The third kappa shape index (κ3) is 5.61. The number of amides is 1. The fourth-order valence-electron chi connectivity index (χ4n) is 3.16. The number of hydrogen-bond donors (Lipinski definition) is 1. The van der Waals surface area contributed by atoms with Gasteiger partial charge in [0.05, 0.1) is 18.6 Å². The topological polar surface area (TPSA) is 84.9 Å². The predicted octanol–water partition coefficient (Wildman–Crippen LogP) is 2.69. The highest BCUT2D eigenvalue weighted by Crippen LogP contribution is 2.23. The number of ether oxygens (including phenoxy) is 2. The van der Waals surface area contributed by atoms with Crippen molar-refractivity contribution in [2.45, 2.75) is 17.7 Å². The first-order valence-electron chi connectivity index (χ1n) is 9.82. The molecule has 0 radical (unpaired) electrons. The van der Waals surface area contributed by atoms with Gasteiger partial charge in [-0.15, -0.1) is 0 Å². The van der Waals surface area contributed by atoms with Crippen molar-refractivity contribution in [1.29, 1.82) is 0 Å². The van der Waals surface area contributed by atoms with E-state index in [4.69, 9.17) is 9.47 Å². The number of benzene rings is 2. The predicted molar refractivity (Wildman–Crippen MR) is 115 cm³/mol. The molecule has 0 spiro atoms. The van der Waals surface area contributed by atoms with E-state index < -0.39 is 10.0 Å². The van der Waals surface area contributed by atoms with Crippen LogP contribution in [0.25, 0.3) is 6.08 Å². The van der Waals surface area contributed by atoms with E-state index in [-0.39, 0.29) is 17.4 Å². The first-order valence-corrected chi connectivity index (χ1v) is 11.3. The molecule has 0 bridgehead atoms. The number of nitrogens with one attached hydrogen (secondary N) is 1. The molecule has 1 aliphatic heterocycles. The molecular formula is C22H26N2O5S. The highest BCUT2D eigenvalue weighted by atomic mass is 32.2. The van der Waals surface area contributed by atoms with Crippen LogP contribution >= 0.6 is 0 Å². The number of carbonyl (C=O) groups is 1. The van der Waals surface area contributed by atoms with E-state index in [2.05, 4.69) is 5.32 Å². The van der Waals surface area contributed by atoms with E-state index in [1.807, 2.05) is 24.3 Å². The summed E-state index contributed by atoms with van der Waals surface area (Å²) in [4.78, 5) is 12.2. The second kappa shape index (κ2) is 10.3.